The van der Waals surface area contributed by atoms with Crippen molar-refractivity contribution < 1.29 is 14.1 Å². The molecule has 0 radical (unpaired) electrons. The van der Waals surface area contributed by atoms with Gasteiger partial charge in [-0.25, -0.2) is 0 Å². The number of rotatable bonds is 5. The van der Waals surface area contributed by atoms with Gasteiger partial charge < -0.3 is 19.9 Å². The third kappa shape index (κ3) is 3.24. The fraction of sp³-hybridized carbons (Fsp3) is 0.700. The van der Waals surface area contributed by atoms with Crippen LogP contribution in [0.1, 0.15) is 18.6 Å². The number of amides is 1. The first-order valence-electron chi connectivity index (χ1n) is 5.70. The molecular formula is C10H16N4O3. The van der Waals surface area contributed by atoms with E-state index in [4.69, 9.17) is 9.26 Å². The monoisotopic (exact) mass is 240 g/mol. The molecule has 0 aromatic carbocycles. The van der Waals surface area contributed by atoms with Gasteiger partial charge in [0.25, 0.3) is 0 Å². The van der Waals surface area contributed by atoms with Gasteiger partial charge in [0, 0.05) is 19.7 Å². The van der Waals surface area contributed by atoms with E-state index < -0.39 is 0 Å². The summed E-state index contributed by atoms with van der Waals surface area (Å²) in [5.41, 5.74) is 0. The van der Waals surface area contributed by atoms with Crippen LogP contribution in [0.5, 0.6) is 0 Å². The second kappa shape index (κ2) is 5.74. The van der Waals surface area contributed by atoms with Crippen molar-refractivity contribution in [3.05, 3.63) is 11.7 Å². The Morgan fingerprint density at radius 2 is 2.41 bits per heavy atom. The molecule has 2 rings (SSSR count). The Hall–Kier alpha value is -1.47. The molecule has 1 amide bonds. The van der Waals surface area contributed by atoms with Crippen LogP contribution in [0.25, 0.3) is 0 Å². The third-order valence-corrected chi connectivity index (χ3v) is 2.46. The van der Waals surface area contributed by atoms with E-state index in [1.165, 1.54) is 0 Å². The zero-order valence-corrected chi connectivity index (χ0v) is 9.73. The van der Waals surface area contributed by atoms with Crippen LogP contribution in [-0.2, 0) is 22.6 Å². The maximum atomic E-state index is 11.5. The van der Waals surface area contributed by atoms with Gasteiger partial charge in [-0.05, 0) is 6.92 Å². The number of hydrogen-bond donors (Lipinski definition) is 2. The molecule has 1 fully saturated rings. The van der Waals surface area contributed by atoms with Crippen LogP contribution in [0.3, 0.4) is 0 Å². The smallest absolute Gasteiger partial charge is 0.237 e. The van der Waals surface area contributed by atoms with Crippen molar-refractivity contribution in [3.63, 3.8) is 0 Å². The lowest BCUT2D eigenvalue weighted by Gasteiger charge is -2.21. The number of aromatic nitrogens is 2. The molecule has 1 aliphatic rings. The Balaban J connectivity index is 1.89. The van der Waals surface area contributed by atoms with E-state index in [9.17, 15) is 4.79 Å². The average molecular weight is 240 g/mol. The first kappa shape index (κ1) is 12.0. The SMILES string of the molecule is CCOCc1noc(CC2NCCNC2=O)n1. The second-order valence-electron chi connectivity index (χ2n) is 3.74. The van der Waals surface area contributed by atoms with Gasteiger partial charge in [-0.2, -0.15) is 4.98 Å². The van der Waals surface area contributed by atoms with Crippen LogP contribution in [0, 0.1) is 0 Å². The summed E-state index contributed by atoms with van der Waals surface area (Å²) in [6, 6.07) is -0.288. The molecule has 7 nitrogen and oxygen atoms in total. The summed E-state index contributed by atoms with van der Waals surface area (Å²) in [6.45, 7) is 4.27. The van der Waals surface area contributed by atoms with E-state index in [0.29, 0.717) is 37.9 Å². The number of nitrogens with one attached hydrogen (secondary N) is 2. The lowest BCUT2D eigenvalue weighted by Crippen LogP contribution is -2.53. The molecular weight excluding hydrogens is 224 g/mol. The molecule has 1 aliphatic heterocycles. The van der Waals surface area contributed by atoms with Crippen LogP contribution >= 0.6 is 0 Å². The highest BCUT2D eigenvalue weighted by molar-refractivity contribution is 5.82. The fourth-order valence-corrected chi connectivity index (χ4v) is 1.61. The molecule has 0 spiro atoms. The fourth-order valence-electron chi connectivity index (χ4n) is 1.61. The lowest BCUT2D eigenvalue weighted by molar-refractivity contribution is -0.124. The first-order valence-corrected chi connectivity index (χ1v) is 5.70. The normalized spacial score (nSPS) is 20.3. The maximum absolute atomic E-state index is 11.5. The molecule has 17 heavy (non-hydrogen) atoms. The van der Waals surface area contributed by atoms with Crippen LogP contribution < -0.4 is 10.6 Å². The molecule has 1 aromatic rings. The Bertz CT molecular complexity index is 379. The second-order valence-corrected chi connectivity index (χ2v) is 3.74. The summed E-state index contributed by atoms with van der Waals surface area (Å²) in [6.07, 6.45) is 0.408. The van der Waals surface area contributed by atoms with Gasteiger partial charge in [-0.1, -0.05) is 5.16 Å². The Morgan fingerprint density at radius 3 is 3.18 bits per heavy atom. The van der Waals surface area contributed by atoms with Crippen molar-refractivity contribution in [2.45, 2.75) is 26.0 Å². The van der Waals surface area contributed by atoms with E-state index in [1.807, 2.05) is 6.92 Å². The molecule has 2 N–H and O–H groups in total. The molecule has 0 saturated carbocycles. The minimum absolute atomic E-state index is 0.0270. The largest absolute Gasteiger partial charge is 0.374 e. The molecule has 0 aliphatic carbocycles. The molecule has 7 heteroatoms. The topological polar surface area (TPSA) is 89.3 Å². The van der Waals surface area contributed by atoms with Gasteiger partial charge in [0.15, 0.2) is 5.82 Å². The van der Waals surface area contributed by atoms with Gasteiger partial charge in [0.05, 0.1) is 12.5 Å². The Kier molecular flexibility index (Phi) is 4.05. The van der Waals surface area contributed by atoms with E-state index in [0.717, 1.165) is 6.54 Å². The summed E-state index contributed by atoms with van der Waals surface area (Å²) in [4.78, 5) is 15.6. The minimum atomic E-state index is -0.288. The predicted molar refractivity (Wildman–Crippen MR) is 58.1 cm³/mol. The zero-order chi connectivity index (χ0) is 12.1. The Labute approximate surface area is 98.9 Å². The van der Waals surface area contributed by atoms with Crippen molar-refractivity contribution in [2.24, 2.45) is 0 Å². The molecule has 2 heterocycles. The van der Waals surface area contributed by atoms with E-state index >= 15 is 0 Å². The minimum Gasteiger partial charge on any atom is -0.374 e. The third-order valence-electron chi connectivity index (χ3n) is 2.46. The first-order chi connectivity index (χ1) is 8.29. The van der Waals surface area contributed by atoms with Gasteiger partial charge in [0.1, 0.15) is 6.61 Å². The Morgan fingerprint density at radius 1 is 1.53 bits per heavy atom. The standard InChI is InChI=1S/C10H16N4O3/c1-2-16-6-8-13-9(17-14-8)5-7-10(15)12-4-3-11-7/h7,11H,2-6H2,1H3,(H,12,15). The van der Waals surface area contributed by atoms with Crippen LogP contribution in [-0.4, -0.2) is 41.8 Å². The average Bonchev–Trinajstić information content (AvgIpc) is 2.77. The molecule has 0 bridgehead atoms. The molecule has 1 atom stereocenters. The number of ether oxygens (including phenoxy) is 1. The highest BCUT2D eigenvalue weighted by Crippen LogP contribution is 2.04. The van der Waals surface area contributed by atoms with Crippen molar-refractivity contribution in [1.29, 1.82) is 0 Å². The van der Waals surface area contributed by atoms with E-state index in [2.05, 4.69) is 20.8 Å². The summed E-state index contributed by atoms with van der Waals surface area (Å²) in [5.74, 6) is 0.938. The van der Waals surface area contributed by atoms with Gasteiger partial charge in [-0.15, -0.1) is 0 Å². The quantitative estimate of drug-likeness (QED) is 0.703. The number of nitrogens with zero attached hydrogens (tertiary/aromatic N) is 2. The summed E-state index contributed by atoms with van der Waals surface area (Å²) >= 11 is 0. The highest BCUT2D eigenvalue weighted by atomic mass is 16.5. The highest BCUT2D eigenvalue weighted by Gasteiger charge is 2.24. The van der Waals surface area contributed by atoms with Crippen molar-refractivity contribution >= 4 is 5.91 Å². The number of carbonyl (C=O) groups excluding carboxylic acids is 1. The number of hydrogen-bond acceptors (Lipinski definition) is 6. The van der Waals surface area contributed by atoms with Crippen LogP contribution in [0.15, 0.2) is 4.52 Å². The molecule has 94 valence electrons. The molecule has 1 unspecified atom stereocenters. The van der Waals surface area contributed by atoms with Crippen LogP contribution in [0.4, 0.5) is 0 Å². The maximum Gasteiger partial charge on any atom is 0.237 e. The molecule has 1 aromatic heterocycles. The summed E-state index contributed by atoms with van der Waals surface area (Å²) in [5, 5.41) is 9.65. The van der Waals surface area contributed by atoms with Gasteiger partial charge >= 0.3 is 0 Å². The van der Waals surface area contributed by atoms with Crippen molar-refractivity contribution in [2.75, 3.05) is 19.7 Å². The zero-order valence-electron chi connectivity index (χ0n) is 9.73. The predicted octanol–water partition coefficient (Wildman–Crippen LogP) is -0.763. The van der Waals surface area contributed by atoms with E-state index in [-0.39, 0.29) is 11.9 Å². The summed E-state index contributed by atoms with van der Waals surface area (Å²) < 4.78 is 10.2. The lowest BCUT2D eigenvalue weighted by atomic mass is 10.1. The van der Waals surface area contributed by atoms with Crippen molar-refractivity contribution in [1.82, 2.24) is 20.8 Å². The van der Waals surface area contributed by atoms with E-state index in [1.54, 1.807) is 0 Å². The number of piperazine rings is 1. The van der Waals surface area contributed by atoms with Gasteiger partial charge in [-0.3, -0.25) is 4.79 Å². The molecule has 1 saturated heterocycles. The number of carbonyl (C=O) groups is 1. The van der Waals surface area contributed by atoms with Gasteiger partial charge in [0.2, 0.25) is 11.8 Å². The summed E-state index contributed by atoms with van der Waals surface area (Å²) in [7, 11) is 0. The van der Waals surface area contributed by atoms with Crippen LogP contribution in [0.2, 0.25) is 0 Å². The van der Waals surface area contributed by atoms with Crippen molar-refractivity contribution in [3.8, 4) is 0 Å².